The maximum Gasteiger partial charge on any atom is 0.341 e. The average molecular weight is 577 g/mol. The van der Waals surface area contributed by atoms with Crippen LogP contribution >= 0.6 is 0 Å². The second-order valence-corrected chi connectivity index (χ2v) is 10.1. The lowest BCUT2D eigenvalue weighted by molar-refractivity contribution is -0.139. The molecule has 2 aromatic heterocycles. The molecule has 42 heavy (non-hydrogen) atoms. The van der Waals surface area contributed by atoms with Crippen molar-refractivity contribution in [2.75, 3.05) is 52.2 Å². The minimum atomic E-state index is -1.06. The highest BCUT2D eigenvalue weighted by Gasteiger charge is 2.21. The van der Waals surface area contributed by atoms with Crippen molar-refractivity contribution in [2.45, 2.75) is 39.8 Å². The molecule has 0 aliphatic rings. The van der Waals surface area contributed by atoms with Crippen molar-refractivity contribution < 1.29 is 24.2 Å². The molecule has 0 aliphatic heterocycles. The van der Waals surface area contributed by atoms with Crippen molar-refractivity contribution >= 4 is 39.6 Å². The predicted octanol–water partition coefficient (Wildman–Crippen LogP) is 3.58. The third-order valence-electron chi connectivity index (χ3n) is 7.32. The molecule has 2 heterocycles. The van der Waals surface area contributed by atoms with Crippen LogP contribution in [0, 0.1) is 0 Å². The number of aromatic nitrogens is 3. The maximum absolute atomic E-state index is 13.6. The van der Waals surface area contributed by atoms with Crippen LogP contribution in [-0.4, -0.2) is 87.8 Å². The van der Waals surface area contributed by atoms with E-state index in [2.05, 4.69) is 14.5 Å². The van der Waals surface area contributed by atoms with Crippen LogP contribution in [0.2, 0.25) is 0 Å². The Hall–Kier alpha value is -4.22. The standard InChI is InChI=1S/C31H40N6O5/c1-4-35(5-2)20-27(38)36(19-22-11-6-9-14-25(22)42-21-28(39)40)16-10-17-37-26(15-18-41-3)34-29-30(37)23-12-7-8-13-24(23)33-31(29)32/h6-9,11-14H,4-5,10,15-21H2,1-3H3,(H2,32,33)(H,39,40). The number of rotatable bonds is 16. The van der Waals surface area contributed by atoms with Gasteiger partial charge in [0.15, 0.2) is 12.4 Å². The largest absolute Gasteiger partial charge is 0.482 e. The third kappa shape index (κ3) is 7.34. The van der Waals surface area contributed by atoms with Gasteiger partial charge in [0, 0.05) is 44.1 Å². The van der Waals surface area contributed by atoms with E-state index in [0.717, 1.165) is 40.9 Å². The van der Waals surface area contributed by atoms with Crippen LogP contribution in [0.5, 0.6) is 5.75 Å². The second kappa shape index (κ2) is 14.6. The van der Waals surface area contributed by atoms with Gasteiger partial charge in [0.2, 0.25) is 5.91 Å². The van der Waals surface area contributed by atoms with Crippen molar-refractivity contribution in [1.29, 1.82) is 0 Å². The van der Waals surface area contributed by atoms with Gasteiger partial charge in [-0.25, -0.2) is 14.8 Å². The number of carboxylic acids is 1. The Morgan fingerprint density at radius 2 is 1.79 bits per heavy atom. The zero-order chi connectivity index (χ0) is 30.1. The van der Waals surface area contributed by atoms with Crippen LogP contribution in [0.4, 0.5) is 5.82 Å². The highest BCUT2D eigenvalue weighted by atomic mass is 16.5. The number of methoxy groups -OCH3 is 1. The van der Waals surface area contributed by atoms with Gasteiger partial charge in [-0.2, -0.15) is 0 Å². The number of nitrogen functional groups attached to an aromatic ring is 1. The summed E-state index contributed by atoms with van der Waals surface area (Å²) in [5.74, 6) is 0.637. The fraction of sp³-hybridized carbons (Fsp3) is 0.419. The summed E-state index contributed by atoms with van der Waals surface area (Å²) < 4.78 is 13.1. The van der Waals surface area contributed by atoms with E-state index in [4.69, 9.17) is 25.3 Å². The van der Waals surface area contributed by atoms with E-state index in [9.17, 15) is 9.59 Å². The first kappa shape index (κ1) is 30.7. The van der Waals surface area contributed by atoms with Gasteiger partial charge in [0.1, 0.15) is 17.1 Å². The van der Waals surface area contributed by atoms with E-state index < -0.39 is 12.6 Å². The van der Waals surface area contributed by atoms with Crippen LogP contribution in [0.1, 0.15) is 31.7 Å². The molecule has 0 unspecified atom stereocenters. The summed E-state index contributed by atoms with van der Waals surface area (Å²) in [4.78, 5) is 38.0. The Morgan fingerprint density at radius 3 is 2.52 bits per heavy atom. The van der Waals surface area contributed by atoms with Crippen molar-refractivity contribution in [1.82, 2.24) is 24.3 Å². The van der Waals surface area contributed by atoms with Crippen LogP contribution in [0.3, 0.4) is 0 Å². The van der Waals surface area contributed by atoms with Crippen molar-refractivity contribution in [2.24, 2.45) is 0 Å². The summed E-state index contributed by atoms with van der Waals surface area (Å²) >= 11 is 0. The summed E-state index contributed by atoms with van der Waals surface area (Å²) in [6.07, 6.45) is 1.27. The van der Waals surface area contributed by atoms with E-state index in [1.807, 2.05) is 55.1 Å². The molecular formula is C31H40N6O5. The minimum Gasteiger partial charge on any atom is -0.482 e. The molecule has 0 saturated carbocycles. The quantitative estimate of drug-likeness (QED) is 0.205. The molecule has 0 atom stereocenters. The van der Waals surface area contributed by atoms with Gasteiger partial charge in [-0.1, -0.05) is 50.2 Å². The number of fused-ring (bicyclic) bond motifs is 3. The summed E-state index contributed by atoms with van der Waals surface area (Å²) in [5, 5.41) is 10.1. The highest BCUT2D eigenvalue weighted by Crippen LogP contribution is 2.29. The second-order valence-electron chi connectivity index (χ2n) is 10.1. The van der Waals surface area contributed by atoms with E-state index in [-0.39, 0.29) is 5.91 Å². The number of pyridine rings is 1. The molecule has 4 rings (SSSR count). The lowest BCUT2D eigenvalue weighted by Gasteiger charge is -2.27. The topological polar surface area (TPSA) is 136 Å². The predicted molar refractivity (Wildman–Crippen MR) is 162 cm³/mol. The van der Waals surface area contributed by atoms with E-state index in [1.54, 1.807) is 19.2 Å². The molecule has 11 heteroatoms. The van der Waals surface area contributed by atoms with Gasteiger partial charge in [0.05, 0.1) is 24.2 Å². The fourth-order valence-corrected chi connectivity index (χ4v) is 5.10. The fourth-order valence-electron chi connectivity index (χ4n) is 5.10. The minimum absolute atomic E-state index is 0.000674. The van der Waals surface area contributed by atoms with Gasteiger partial charge < -0.3 is 29.8 Å². The van der Waals surface area contributed by atoms with Gasteiger partial charge >= 0.3 is 5.97 Å². The monoisotopic (exact) mass is 576 g/mol. The molecule has 224 valence electrons. The van der Waals surface area contributed by atoms with E-state index >= 15 is 0 Å². The first-order chi connectivity index (χ1) is 20.4. The van der Waals surface area contributed by atoms with Gasteiger partial charge in [-0.3, -0.25) is 9.69 Å². The number of nitrogens with two attached hydrogens (primary N) is 1. The Morgan fingerprint density at radius 1 is 1.05 bits per heavy atom. The number of hydrogen-bond donors (Lipinski definition) is 2. The smallest absolute Gasteiger partial charge is 0.341 e. The molecular weight excluding hydrogens is 536 g/mol. The normalized spacial score (nSPS) is 11.4. The maximum atomic E-state index is 13.6. The summed E-state index contributed by atoms with van der Waals surface area (Å²) in [6, 6.07) is 15.1. The van der Waals surface area contributed by atoms with Crippen LogP contribution in [0.25, 0.3) is 21.9 Å². The lowest BCUT2D eigenvalue weighted by atomic mass is 10.1. The number of hydrogen-bond acceptors (Lipinski definition) is 8. The summed E-state index contributed by atoms with van der Waals surface area (Å²) in [6.45, 7) is 7.35. The van der Waals surface area contributed by atoms with Crippen molar-refractivity contribution in [3.8, 4) is 5.75 Å². The van der Waals surface area contributed by atoms with Gasteiger partial charge in [-0.15, -0.1) is 0 Å². The van der Waals surface area contributed by atoms with Crippen molar-refractivity contribution in [3.63, 3.8) is 0 Å². The zero-order valence-corrected chi connectivity index (χ0v) is 24.6. The van der Waals surface area contributed by atoms with Gasteiger partial charge in [-0.05, 0) is 31.6 Å². The lowest BCUT2D eigenvalue weighted by Crippen LogP contribution is -2.40. The number of carbonyl (C=O) groups excluding carboxylic acids is 1. The summed E-state index contributed by atoms with van der Waals surface area (Å²) in [7, 11) is 1.66. The Bertz CT molecular complexity index is 1520. The molecule has 4 aromatic rings. The number of aliphatic carboxylic acids is 1. The molecule has 0 spiro atoms. The molecule has 2 aromatic carbocycles. The number of likely N-dealkylation sites (N-methyl/N-ethyl adjacent to an activating group) is 1. The van der Waals surface area contributed by atoms with Crippen LogP contribution in [0.15, 0.2) is 48.5 Å². The number of amides is 1. The van der Waals surface area contributed by atoms with Crippen molar-refractivity contribution in [3.05, 3.63) is 59.9 Å². The third-order valence-corrected chi connectivity index (χ3v) is 7.32. The number of nitrogens with zero attached hydrogens (tertiary/aromatic N) is 5. The first-order valence-electron chi connectivity index (χ1n) is 14.3. The number of imidazole rings is 1. The highest BCUT2D eigenvalue weighted by molar-refractivity contribution is 6.06. The zero-order valence-electron chi connectivity index (χ0n) is 24.6. The first-order valence-corrected chi connectivity index (χ1v) is 14.3. The number of ether oxygens (including phenoxy) is 2. The molecule has 0 saturated heterocycles. The van der Waals surface area contributed by atoms with Crippen LogP contribution in [-0.2, 0) is 33.8 Å². The number of benzene rings is 2. The average Bonchev–Trinajstić information content (AvgIpc) is 3.36. The Labute approximate surface area is 245 Å². The number of carboxylic acid groups (broad SMARTS) is 1. The summed E-state index contributed by atoms with van der Waals surface area (Å²) in [5.41, 5.74) is 9.49. The molecule has 3 N–H and O–H groups in total. The molecule has 1 amide bonds. The number of anilines is 1. The number of para-hydroxylation sites is 2. The molecule has 0 aliphatic carbocycles. The molecule has 0 fully saturated rings. The van der Waals surface area contributed by atoms with Crippen LogP contribution < -0.4 is 10.5 Å². The molecule has 11 nitrogen and oxygen atoms in total. The SMILES string of the molecule is CCN(CC)CC(=O)N(CCCn1c(CCOC)nc2c(N)nc3ccccc3c21)Cc1ccccc1OCC(=O)O. The van der Waals surface area contributed by atoms with E-state index in [0.29, 0.717) is 62.7 Å². The molecule has 0 radical (unpaired) electrons. The Kier molecular flexibility index (Phi) is 10.7. The number of aryl methyl sites for hydroxylation is 1. The van der Waals surface area contributed by atoms with E-state index in [1.165, 1.54) is 0 Å². The number of carbonyl (C=O) groups is 2. The van der Waals surface area contributed by atoms with Gasteiger partial charge in [0.25, 0.3) is 0 Å². The molecule has 0 bridgehead atoms. The Balaban J connectivity index is 1.62.